The Morgan fingerprint density at radius 2 is 1.91 bits per heavy atom. The van der Waals surface area contributed by atoms with Gasteiger partial charge in [0.1, 0.15) is 6.04 Å². The number of carboxylic acids is 1. The fraction of sp³-hybridized carbons (Fsp3) is 0.267. The highest BCUT2D eigenvalue weighted by atomic mass is 32.2. The van der Waals surface area contributed by atoms with E-state index in [0.717, 1.165) is 11.8 Å². The predicted molar refractivity (Wildman–Crippen MR) is 80.1 cm³/mol. The van der Waals surface area contributed by atoms with Crippen molar-refractivity contribution in [1.82, 2.24) is 4.90 Å². The smallest absolute Gasteiger partial charge is 0.325 e. The molecule has 0 saturated carbocycles. The first-order valence-corrected chi connectivity index (χ1v) is 8.42. The molecule has 0 saturated heterocycles. The lowest BCUT2D eigenvalue weighted by Gasteiger charge is -2.24. The van der Waals surface area contributed by atoms with Gasteiger partial charge in [0.2, 0.25) is 0 Å². The molecule has 2 rings (SSSR count). The van der Waals surface area contributed by atoms with Crippen molar-refractivity contribution in [2.75, 3.05) is 13.3 Å². The van der Waals surface area contributed by atoms with Crippen molar-refractivity contribution in [3.8, 4) is 0 Å². The molecule has 118 valence electrons. The molecule has 0 fully saturated rings. The van der Waals surface area contributed by atoms with Crippen molar-refractivity contribution >= 4 is 15.8 Å². The van der Waals surface area contributed by atoms with Crippen LogP contribution in [0.2, 0.25) is 0 Å². The number of carbonyl (C=O) groups is 1. The van der Waals surface area contributed by atoms with E-state index in [0.29, 0.717) is 12.1 Å². The van der Waals surface area contributed by atoms with Gasteiger partial charge in [0.15, 0.2) is 9.84 Å². The molecule has 1 atom stereocenters. The molecule has 1 aromatic heterocycles. The Hall–Kier alpha value is -2.12. The van der Waals surface area contributed by atoms with Gasteiger partial charge in [-0.3, -0.25) is 9.69 Å². The number of furan rings is 1. The van der Waals surface area contributed by atoms with Crippen molar-refractivity contribution in [3.05, 3.63) is 54.0 Å². The molecule has 1 N–H and O–H groups in total. The molecule has 0 aliphatic heterocycles. The fourth-order valence-electron chi connectivity index (χ4n) is 2.24. The maximum Gasteiger partial charge on any atom is 0.325 e. The summed E-state index contributed by atoms with van der Waals surface area (Å²) in [6, 6.07) is 6.80. The molecular formula is C15H17NO5S. The lowest BCUT2D eigenvalue weighted by molar-refractivity contribution is -0.143. The van der Waals surface area contributed by atoms with Crippen LogP contribution in [0.25, 0.3) is 0 Å². The molecule has 6 nitrogen and oxygen atoms in total. The standard InChI is InChI=1S/C15H17NO5S/c1-16(9-11-7-8-21-10-11)14(15(17)18)12-3-5-13(6-4-12)22(2,19)20/h3-8,10,14H,9H2,1-2H3,(H,17,18). The van der Waals surface area contributed by atoms with Crippen LogP contribution in [0, 0.1) is 0 Å². The Morgan fingerprint density at radius 1 is 1.27 bits per heavy atom. The number of carboxylic acid groups (broad SMARTS) is 1. The van der Waals surface area contributed by atoms with Gasteiger partial charge in [-0.2, -0.15) is 0 Å². The first-order chi connectivity index (χ1) is 10.3. The SMILES string of the molecule is CN(Cc1ccoc1)C(C(=O)O)c1ccc(S(C)(=O)=O)cc1. The van der Waals surface area contributed by atoms with E-state index < -0.39 is 21.8 Å². The Kier molecular flexibility index (Phi) is 4.68. The van der Waals surface area contributed by atoms with E-state index in [1.165, 1.54) is 30.5 Å². The van der Waals surface area contributed by atoms with Crippen LogP contribution in [-0.4, -0.2) is 37.7 Å². The van der Waals surface area contributed by atoms with Crippen LogP contribution in [0.5, 0.6) is 0 Å². The predicted octanol–water partition coefficient (Wildman–Crippen LogP) is 1.94. The van der Waals surface area contributed by atoms with E-state index in [1.54, 1.807) is 24.3 Å². The van der Waals surface area contributed by atoms with Crippen molar-refractivity contribution < 1.29 is 22.7 Å². The van der Waals surface area contributed by atoms with Crippen LogP contribution in [-0.2, 0) is 21.2 Å². The summed E-state index contributed by atoms with van der Waals surface area (Å²) in [5, 5.41) is 9.47. The van der Waals surface area contributed by atoms with E-state index in [1.807, 2.05) is 0 Å². The lowest BCUT2D eigenvalue weighted by atomic mass is 10.1. The molecule has 0 bridgehead atoms. The second kappa shape index (κ2) is 6.33. The van der Waals surface area contributed by atoms with Crippen LogP contribution in [0.4, 0.5) is 0 Å². The zero-order chi connectivity index (χ0) is 16.3. The molecule has 2 aromatic rings. The van der Waals surface area contributed by atoms with Gasteiger partial charge in [0, 0.05) is 18.4 Å². The summed E-state index contributed by atoms with van der Waals surface area (Å²) >= 11 is 0. The number of likely N-dealkylation sites (N-methyl/N-ethyl adjacent to an activating group) is 1. The molecule has 0 radical (unpaired) electrons. The number of hydrogen-bond donors (Lipinski definition) is 1. The third kappa shape index (κ3) is 3.75. The lowest BCUT2D eigenvalue weighted by Crippen LogP contribution is -2.30. The van der Waals surface area contributed by atoms with Gasteiger partial charge in [-0.15, -0.1) is 0 Å². The van der Waals surface area contributed by atoms with Gasteiger partial charge in [0.25, 0.3) is 0 Å². The van der Waals surface area contributed by atoms with Crippen molar-refractivity contribution in [1.29, 1.82) is 0 Å². The normalized spacial score (nSPS) is 13.2. The average molecular weight is 323 g/mol. The molecule has 0 aliphatic carbocycles. The van der Waals surface area contributed by atoms with Gasteiger partial charge >= 0.3 is 5.97 Å². The van der Waals surface area contributed by atoms with Gasteiger partial charge in [-0.1, -0.05) is 12.1 Å². The number of benzene rings is 1. The average Bonchev–Trinajstić information content (AvgIpc) is 2.90. The molecule has 1 heterocycles. The number of aliphatic carboxylic acids is 1. The third-order valence-corrected chi connectivity index (χ3v) is 4.44. The molecule has 0 amide bonds. The summed E-state index contributed by atoms with van der Waals surface area (Å²) in [6.45, 7) is 0.404. The third-order valence-electron chi connectivity index (χ3n) is 3.31. The van der Waals surface area contributed by atoms with Gasteiger partial charge in [-0.25, -0.2) is 8.42 Å². The van der Waals surface area contributed by atoms with Crippen molar-refractivity contribution in [2.24, 2.45) is 0 Å². The topological polar surface area (TPSA) is 87.8 Å². The summed E-state index contributed by atoms with van der Waals surface area (Å²) in [6.07, 6.45) is 4.20. The summed E-state index contributed by atoms with van der Waals surface area (Å²) < 4.78 is 27.9. The van der Waals surface area contributed by atoms with Gasteiger partial charge < -0.3 is 9.52 Å². The summed E-state index contributed by atoms with van der Waals surface area (Å²) in [7, 11) is -1.61. The van der Waals surface area contributed by atoms with Crippen LogP contribution in [0.15, 0.2) is 52.2 Å². The molecule has 22 heavy (non-hydrogen) atoms. The summed E-state index contributed by atoms with van der Waals surface area (Å²) in [5.41, 5.74) is 1.38. The second-order valence-corrected chi connectivity index (χ2v) is 7.14. The maximum atomic E-state index is 11.6. The zero-order valence-corrected chi connectivity index (χ0v) is 13.1. The zero-order valence-electron chi connectivity index (χ0n) is 12.3. The van der Waals surface area contributed by atoms with E-state index in [9.17, 15) is 18.3 Å². The minimum atomic E-state index is -3.30. The molecule has 0 aliphatic rings. The van der Waals surface area contributed by atoms with Crippen LogP contribution < -0.4 is 0 Å². The maximum absolute atomic E-state index is 11.6. The van der Waals surface area contributed by atoms with Crippen LogP contribution >= 0.6 is 0 Å². The number of nitrogens with zero attached hydrogens (tertiary/aromatic N) is 1. The Labute approximate surface area is 128 Å². The van der Waals surface area contributed by atoms with Crippen LogP contribution in [0.3, 0.4) is 0 Å². The van der Waals surface area contributed by atoms with E-state index in [2.05, 4.69) is 0 Å². The minimum absolute atomic E-state index is 0.165. The number of hydrogen-bond acceptors (Lipinski definition) is 5. The van der Waals surface area contributed by atoms with Crippen molar-refractivity contribution in [3.63, 3.8) is 0 Å². The monoisotopic (exact) mass is 323 g/mol. The highest BCUT2D eigenvalue weighted by Crippen LogP contribution is 2.23. The van der Waals surface area contributed by atoms with Crippen molar-refractivity contribution in [2.45, 2.75) is 17.5 Å². The highest BCUT2D eigenvalue weighted by Gasteiger charge is 2.25. The first-order valence-electron chi connectivity index (χ1n) is 6.53. The number of sulfone groups is 1. The fourth-order valence-corrected chi connectivity index (χ4v) is 2.88. The first kappa shape index (κ1) is 16.3. The van der Waals surface area contributed by atoms with Gasteiger partial charge in [-0.05, 0) is 30.8 Å². The Balaban J connectivity index is 2.26. The summed E-state index contributed by atoms with van der Waals surface area (Å²) in [5.74, 6) is -1.00. The molecule has 1 unspecified atom stereocenters. The highest BCUT2D eigenvalue weighted by molar-refractivity contribution is 7.90. The number of rotatable bonds is 6. The molecule has 0 spiro atoms. The van der Waals surface area contributed by atoms with E-state index >= 15 is 0 Å². The largest absolute Gasteiger partial charge is 0.480 e. The van der Waals surface area contributed by atoms with E-state index in [-0.39, 0.29) is 4.90 Å². The Morgan fingerprint density at radius 3 is 2.36 bits per heavy atom. The molecular weight excluding hydrogens is 306 g/mol. The quantitative estimate of drug-likeness (QED) is 0.874. The van der Waals surface area contributed by atoms with Crippen LogP contribution in [0.1, 0.15) is 17.2 Å². The second-order valence-electron chi connectivity index (χ2n) is 5.13. The summed E-state index contributed by atoms with van der Waals surface area (Å²) in [4.78, 5) is 13.4. The minimum Gasteiger partial charge on any atom is -0.480 e. The Bertz CT molecular complexity index is 735. The van der Waals surface area contributed by atoms with E-state index in [4.69, 9.17) is 4.42 Å². The molecule has 7 heteroatoms. The van der Waals surface area contributed by atoms with Gasteiger partial charge in [0.05, 0.1) is 17.4 Å². The molecule has 1 aromatic carbocycles.